The second-order valence-corrected chi connectivity index (χ2v) is 5.47. The Morgan fingerprint density at radius 3 is 2.43 bits per heavy atom. The van der Waals surface area contributed by atoms with Crippen LogP contribution in [0.2, 0.25) is 0 Å². The van der Waals surface area contributed by atoms with Crippen molar-refractivity contribution in [1.82, 2.24) is 0 Å². The number of rotatable bonds is 2. The van der Waals surface area contributed by atoms with E-state index in [-0.39, 0.29) is 5.69 Å². The van der Waals surface area contributed by atoms with Gasteiger partial charge in [0.2, 0.25) is 5.58 Å². The second kappa shape index (κ2) is 4.95. The molecule has 23 heavy (non-hydrogen) atoms. The number of hydrogen-bond acceptors (Lipinski definition) is 3. The van der Waals surface area contributed by atoms with Crippen molar-refractivity contribution in [3.05, 3.63) is 76.5 Å². The summed E-state index contributed by atoms with van der Waals surface area (Å²) < 4.78 is 5.75. The zero-order valence-corrected chi connectivity index (χ0v) is 12.4. The number of nitro groups is 1. The summed E-state index contributed by atoms with van der Waals surface area (Å²) in [5, 5.41) is 14.2. The predicted octanol–water partition coefficient (Wildman–Crippen LogP) is 5.47. The molecule has 0 atom stereocenters. The van der Waals surface area contributed by atoms with E-state index < -0.39 is 4.92 Å². The Morgan fingerprint density at radius 1 is 0.913 bits per heavy atom. The normalized spacial score (nSPS) is 11.2. The van der Waals surface area contributed by atoms with Crippen molar-refractivity contribution in [3.63, 3.8) is 0 Å². The molecule has 0 unspecified atom stereocenters. The Hall–Kier alpha value is -3.14. The molecule has 0 amide bonds. The van der Waals surface area contributed by atoms with E-state index in [4.69, 9.17) is 4.42 Å². The summed E-state index contributed by atoms with van der Waals surface area (Å²) in [6.07, 6.45) is 0. The first-order valence-corrected chi connectivity index (χ1v) is 7.31. The highest BCUT2D eigenvalue weighted by molar-refractivity contribution is 6.07. The summed E-state index contributed by atoms with van der Waals surface area (Å²) in [6.45, 7) is 1.85. The topological polar surface area (TPSA) is 56.3 Å². The lowest BCUT2D eigenvalue weighted by atomic mass is 9.96. The van der Waals surface area contributed by atoms with Gasteiger partial charge in [-0.1, -0.05) is 48.5 Å². The van der Waals surface area contributed by atoms with Gasteiger partial charge in [-0.15, -0.1) is 0 Å². The highest BCUT2D eigenvalue weighted by atomic mass is 16.6. The van der Waals surface area contributed by atoms with Crippen LogP contribution in [-0.2, 0) is 0 Å². The molecule has 4 rings (SSSR count). The van der Waals surface area contributed by atoms with E-state index in [0.29, 0.717) is 11.3 Å². The summed E-state index contributed by atoms with van der Waals surface area (Å²) in [4.78, 5) is 10.8. The number of hydrogen-bond donors (Lipinski definition) is 0. The molecule has 0 aliphatic carbocycles. The van der Waals surface area contributed by atoms with E-state index in [1.165, 1.54) is 6.07 Å². The average molecular weight is 303 g/mol. The first-order chi connectivity index (χ1) is 11.2. The average Bonchev–Trinajstić information content (AvgIpc) is 2.89. The third-order valence-corrected chi connectivity index (χ3v) is 4.13. The van der Waals surface area contributed by atoms with Crippen molar-refractivity contribution in [3.8, 4) is 11.1 Å². The van der Waals surface area contributed by atoms with Gasteiger partial charge in [-0.25, -0.2) is 0 Å². The van der Waals surface area contributed by atoms with Gasteiger partial charge < -0.3 is 4.42 Å². The summed E-state index contributed by atoms with van der Waals surface area (Å²) >= 11 is 0. The number of furan rings is 1. The maximum Gasteiger partial charge on any atom is 0.312 e. The zero-order valence-electron chi connectivity index (χ0n) is 12.4. The number of aryl methyl sites for hydroxylation is 1. The third-order valence-electron chi connectivity index (χ3n) is 4.13. The summed E-state index contributed by atoms with van der Waals surface area (Å²) in [7, 11) is 0. The maximum absolute atomic E-state index is 11.2. The molecule has 0 saturated carbocycles. The first kappa shape index (κ1) is 13.5. The molecule has 0 N–H and O–H groups in total. The van der Waals surface area contributed by atoms with Crippen LogP contribution in [-0.4, -0.2) is 4.92 Å². The van der Waals surface area contributed by atoms with Gasteiger partial charge in [-0.2, -0.15) is 0 Å². The van der Waals surface area contributed by atoms with Crippen molar-refractivity contribution in [2.75, 3.05) is 0 Å². The van der Waals surface area contributed by atoms with E-state index in [2.05, 4.69) is 18.2 Å². The van der Waals surface area contributed by atoms with Gasteiger partial charge in [0.1, 0.15) is 5.76 Å². The van der Waals surface area contributed by atoms with Crippen LogP contribution < -0.4 is 0 Å². The van der Waals surface area contributed by atoms with Gasteiger partial charge in [0.15, 0.2) is 0 Å². The van der Waals surface area contributed by atoms with Crippen molar-refractivity contribution < 1.29 is 9.34 Å². The number of para-hydroxylation sites is 1. The van der Waals surface area contributed by atoms with Gasteiger partial charge in [0.05, 0.1) is 4.92 Å². The standard InChI is InChI=1S/C19H13NO3/c1-12-18(15-9-4-7-13-6-2-3-8-14(13)15)16-10-5-11-17(20(21)22)19(16)23-12/h2-11H,1H3. The van der Waals surface area contributed by atoms with Gasteiger partial charge in [0.25, 0.3) is 0 Å². The number of nitrogens with zero attached hydrogens (tertiary/aromatic N) is 1. The van der Waals surface area contributed by atoms with Gasteiger partial charge >= 0.3 is 5.69 Å². The Morgan fingerprint density at radius 2 is 1.61 bits per heavy atom. The van der Waals surface area contributed by atoms with Gasteiger partial charge in [-0.05, 0) is 29.3 Å². The fourth-order valence-electron chi connectivity index (χ4n) is 3.14. The van der Waals surface area contributed by atoms with E-state index in [0.717, 1.165) is 27.3 Å². The van der Waals surface area contributed by atoms with E-state index in [9.17, 15) is 10.1 Å². The molecule has 3 aromatic carbocycles. The van der Waals surface area contributed by atoms with Crippen LogP contribution in [0.15, 0.2) is 65.1 Å². The van der Waals surface area contributed by atoms with Crippen LogP contribution >= 0.6 is 0 Å². The highest BCUT2D eigenvalue weighted by Gasteiger charge is 2.21. The van der Waals surface area contributed by atoms with E-state index in [1.54, 1.807) is 6.07 Å². The smallest absolute Gasteiger partial charge is 0.312 e. The van der Waals surface area contributed by atoms with E-state index in [1.807, 2.05) is 37.3 Å². The molecule has 0 radical (unpaired) electrons. The lowest BCUT2D eigenvalue weighted by Gasteiger charge is -2.06. The fourth-order valence-corrected chi connectivity index (χ4v) is 3.14. The Bertz CT molecular complexity index is 1060. The van der Waals surface area contributed by atoms with Crippen LogP contribution in [0, 0.1) is 17.0 Å². The molecule has 0 saturated heterocycles. The number of benzene rings is 3. The van der Waals surface area contributed by atoms with Crippen molar-refractivity contribution in [1.29, 1.82) is 0 Å². The van der Waals surface area contributed by atoms with Crippen molar-refractivity contribution >= 4 is 27.4 Å². The molecule has 0 aliphatic rings. The second-order valence-electron chi connectivity index (χ2n) is 5.47. The molecule has 112 valence electrons. The molecular formula is C19H13NO3. The van der Waals surface area contributed by atoms with E-state index >= 15 is 0 Å². The summed E-state index contributed by atoms with van der Waals surface area (Å²) in [5.41, 5.74) is 2.27. The zero-order chi connectivity index (χ0) is 16.0. The fraction of sp³-hybridized carbons (Fsp3) is 0.0526. The number of non-ortho nitro benzene ring substituents is 1. The monoisotopic (exact) mass is 303 g/mol. The number of fused-ring (bicyclic) bond motifs is 2. The van der Waals surface area contributed by atoms with Crippen LogP contribution in [0.25, 0.3) is 32.9 Å². The van der Waals surface area contributed by atoms with Crippen LogP contribution in [0.3, 0.4) is 0 Å². The van der Waals surface area contributed by atoms with Gasteiger partial charge in [0, 0.05) is 17.0 Å². The molecule has 0 fully saturated rings. The molecule has 0 spiro atoms. The lowest BCUT2D eigenvalue weighted by molar-refractivity contribution is -0.383. The largest absolute Gasteiger partial charge is 0.453 e. The quantitative estimate of drug-likeness (QED) is 0.364. The number of nitro benzene ring substituents is 1. The molecule has 4 aromatic rings. The molecule has 4 nitrogen and oxygen atoms in total. The Balaban J connectivity index is 2.12. The van der Waals surface area contributed by atoms with Crippen LogP contribution in [0.4, 0.5) is 5.69 Å². The Labute approximate surface area is 132 Å². The Kier molecular flexibility index (Phi) is 2.91. The SMILES string of the molecule is Cc1oc2c([N+](=O)[O-])cccc2c1-c1cccc2ccccc12. The summed E-state index contributed by atoms with van der Waals surface area (Å²) in [5.74, 6) is 0.686. The van der Waals surface area contributed by atoms with Crippen molar-refractivity contribution in [2.24, 2.45) is 0 Å². The minimum Gasteiger partial charge on any atom is -0.453 e. The predicted molar refractivity (Wildman–Crippen MR) is 90.5 cm³/mol. The van der Waals surface area contributed by atoms with Crippen LogP contribution in [0.1, 0.15) is 5.76 Å². The molecule has 0 aliphatic heterocycles. The minimum absolute atomic E-state index is 0.00270. The molecule has 1 aromatic heterocycles. The first-order valence-electron chi connectivity index (χ1n) is 7.31. The maximum atomic E-state index is 11.2. The minimum atomic E-state index is -0.405. The van der Waals surface area contributed by atoms with Crippen LogP contribution in [0.5, 0.6) is 0 Å². The summed E-state index contributed by atoms with van der Waals surface area (Å²) in [6, 6.07) is 19.2. The van der Waals surface area contributed by atoms with Gasteiger partial charge in [-0.3, -0.25) is 10.1 Å². The molecule has 4 heteroatoms. The van der Waals surface area contributed by atoms with Crippen molar-refractivity contribution in [2.45, 2.75) is 6.92 Å². The lowest BCUT2D eigenvalue weighted by Crippen LogP contribution is -1.87. The molecule has 0 bridgehead atoms. The molecular weight excluding hydrogens is 290 g/mol. The molecule has 1 heterocycles. The third kappa shape index (κ3) is 1.99. The highest BCUT2D eigenvalue weighted by Crippen LogP contribution is 2.40.